The van der Waals surface area contributed by atoms with Gasteiger partial charge >= 0.3 is 0 Å². The van der Waals surface area contributed by atoms with Crippen molar-refractivity contribution < 1.29 is 18.7 Å². The number of ether oxygens (including phenoxy) is 1. The molecule has 1 aliphatic heterocycles. The van der Waals surface area contributed by atoms with Crippen molar-refractivity contribution in [2.45, 2.75) is 25.9 Å². The van der Waals surface area contributed by atoms with Gasteiger partial charge in [-0.3, -0.25) is 9.59 Å². The van der Waals surface area contributed by atoms with E-state index in [1.807, 2.05) is 31.2 Å². The molecule has 0 unspecified atom stereocenters. The van der Waals surface area contributed by atoms with Crippen LogP contribution in [-0.2, 0) is 11.2 Å². The Morgan fingerprint density at radius 1 is 1.17 bits per heavy atom. The number of hydrogen-bond donors (Lipinski definition) is 2. The van der Waals surface area contributed by atoms with E-state index >= 15 is 0 Å². The number of aryl methyl sites for hydroxylation is 1. The maximum absolute atomic E-state index is 12.1. The second-order valence-electron chi connectivity index (χ2n) is 5.75. The van der Waals surface area contributed by atoms with Gasteiger partial charge in [0.1, 0.15) is 5.75 Å². The van der Waals surface area contributed by atoms with Crippen LogP contribution in [0.25, 0.3) is 0 Å². The summed E-state index contributed by atoms with van der Waals surface area (Å²) in [4.78, 5) is 24.0. The Labute approximate surface area is 140 Å². The largest absolute Gasteiger partial charge is 0.480 e. The van der Waals surface area contributed by atoms with Crippen molar-refractivity contribution in [3.8, 4) is 5.75 Å². The van der Waals surface area contributed by atoms with E-state index in [1.165, 1.54) is 6.26 Å². The second kappa shape index (κ2) is 7.21. The molecule has 0 aliphatic carbocycles. The normalized spacial score (nSPS) is 15.5. The topological polar surface area (TPSA) is 80.6 Å². The quantitative estimate of drug-likeness (QED) is 0.793. The SMILES string of the molecule is Cc1ccoc1C(=O)NCCCNC(=O)[C@@H]1Cc2ccccc2O1. The molecule has 6 nitrogen and oxygen atoms in total. The molecule has 1 atom stereocenters. The van der Waals surface area contributed by atoms with Crippen molar-refractivity contribution in [1.29, 1.82) is 0 Å². The number of hydrogen-bond acceptors (Lipinski definition) is 4. The molecule has 3 rings (SSSR count). The van der Waals surface area contributed by atoms with Gasteiger partial charge in [0.05, 0.1) is 6.26 Å². The summed E-state index contributed by atoms with van der Waals surface area (Å²) in [6.45, 7) is 2.76. The summed E-state index contributed by atoms with van der Waals surface area (Å²) in [5.41, 5.74) is 1.86. The predicted octanol–water partition coefficient (Wildman–Crippen LogP) is 1.83. The first kappa shape index (κ1) is 16.1. The average Bonchev–Trinajstić information content (AvgIpc) is 3.20. The third-order valence-corrected chi connectivity index (χ3v) is 3.95. The molecule has 2 aromatic rings. The number of fused-ring (bicyclic) bond motifs is 1. The smallest absolute Gasteiger partial charge is 0.287 e. The minimum absolute atomic E-state index is 0.126. The Balaban J connectivity index is 1.35. The molecule has 0 fully saturated rings. The number of furan rings is 1. The molecule has 1 aromatic carbocycles. The van der Waals surface area contributed by atoms with Gasteiger partial charge < -0.3 is 19.8 Å². The first-order valence-electron chi connectivity index (χ1n) is 7.99. The van der Waals surface area contributed by atoms with E-state index in [-0.39, 0.29) is 11.8 Å². The molecule has 0 saturated carbocycles. The van der Waals surface area contributed by atoms with Crippen molar-refractivity contribution in [2.24, 2.45) is 0 Å². The molecule has 126 valence electrons. The summed E-state index contributed by atoms with van der Waals surface area (Å²) in [7, 11) is 0. The molecule has 24 heavy (non-hydrogen) atoms. The zero-order chi connectivity index (χ0) is 16.9. The summed E-state index contributed by atoms with van der Waals surface area (Å²) in [5, 5.41) is 5.61. The summed E-state index contributed by atoms with van der Waals surface area (Å²) in [6.07, 6.45) is 2.25. The minimum Gasteiger partial charge on any atom is -0.480 e. The highest BCUT2D eigenvalue weighted by molar-refractivity contribution is 5.92. The molecule has 2 amide bonds. The third kappa shape index (κ3) is 3.59. The fraction of sp³-hybridized carbons (Fsp3) is 0.333. The van der Waals surface area contributed by atoms with Crippen molar-refractivity contribution in [1.82, 2.24) is 10.6 Å². The molecule has 0 saturated heterocycles. The highest BCUT2D eigenvalue weighted by Gasteiger charge is 2.28. The number of amides is 2. The van der Waals surface area contributed by atoms with Crippen LogP contribution in [0.1, 0.15) is 28.1 Å². The van der Waals surface area contributed by atoms with Crippen molar-refractivity contribution >= 4 is 11.8 Å². The number of benzene rings is 1. The van der Waals surface area contributed by atoms with E-state index < -0.39 is 6.10 Å². The minimum atomic E-state index is -0.470. The van der Waals surface area contributed by atoms with Gasteiger partial charge in [0.15, 0.2) is 11.9 Å². The molecule has 2 N–H and O–H groups in total. The van der Waals surface area contributed by atoms with E-state index in [1.54, 1.807) is 6.07 Å². The highest BCUT2D eigenvalue weighted by atomic mass is 16.5. The summed E-state index contributed by atoms with van der Waals surface area (Å²) < 4.78 is 10.8. The van der Waals surface area contributed by atoms with Crippen LogP contribution >= 0.6 is 0 Å². The number of rotatable bonds is 6. The zero-order valence-electron chi connectivity index (χ0n) is 13.5. The molecule has 0 spiro atoms. The van der Waals surface area contributed by atoms with Gasteiger partial charge in [-0.15, -0.1) is 0 Å². The highest BCUT2D eigenvalue weighted by Crippen LogP contribution is 2.27. The van der Waals surface area contributed by atoms with E-state index in [9.17, 15) is 9.59 Å². The molecule has 1 aliphatic rings. The van der Waals surface area contributed by atoms with Crippen LogP contribution in [0.15, 0.2) is 41.0 Å². The van der Waals surface area contributed by atoms with Crippen molar-refractivity contribution in [3.63, 3.8) is 0 Å². The van der Waals surface area contributed by atoms with E-state index in [2.05, 4.69) is 10.6 Å². The molecule has 6 heteroatoms. The van der Waals surface area contributed by atoms with Gasteiger partial charge in [0.2, 0.25) is 0 Å². The van der Waals surface area contributed by atoms with Gasteiger partial charge in [-0.2, -0.15) is 0 Å². The van der Waals surface area contributed by atoms with Crippen LogP contribution in [-0.4, -0.2) is 31.0 Å². The molecule has 0 radical (unpaired) electrons. The van der Waals surface area contributed by atoms with Gasteiger partial charge in [0, 0.05) is 25.1 Å². The Morgan fingerprint density at radius 2 is 1.96 bits per heavy atom. The van der Waals surface area contributed by atoms with Crippen molar-refractivity contribution in [2.75, 3.05) is 13.1 Å². The lowest BCUT2D eigenvalue weighted by molar-refractivity contribution is -0.127. The second-order valence-corrected chi connectivity index (χ2v) is 5.75. The molecular weight excluding hydrogens is 308 g/mol. The first-order valence-corrected chi connectivity index (χ1v) is 7.99. The van der Waals surface area contributed by atoms with Crippen LogP contribution in [0.4, 0.5) is 0 Å². The average molecular weight is 328 g/mol. The van der Waals surface area contributed by atoms with E-state index in [4.69, 9.17) is 9.15 Å². The molecular formula is C18H20N2O4. The maximum Gasteiger partial charge on any atom is 0.287 e. The van der Waals surface area contributed by atoms with Crippen LogP contribution in [0.2, 0.25) is 0 Å². The Kier molecular flexibility index (Phi) is 4.84. The van der Waals surface area contributed by atoms with Gasteiger partial charge in [-0.25, -0.2) is 0 Å². The third-order valence-electron chi connectivity index (χ3n) is 3.95. The van der Waals surface area contributed by atoms with Gasteiger partial charge in [0.25, 0.3) is 11.8 Å². The first-order chi connectivity index (χ1) is 11.6. The van der Waals surface area contributed by atoms with Crippen LogP contribution in [0, 0.1) is 6.92 Å². The number of carbonyl (C=O) groups excluding carboxylic acids is 2. The van der Waals surface area contributed by atoms with E-state index in [0.717, 1.165) is 16.9 Å². The fourth-order valence-electron chi connectivity index (χ4n) is 2.63. The fourth-order valence-corrected chi connectivity index (χ4v) is 2.63. The molecule has 1 aromatic heterocycles. The maximum atomic E-state index is 12.1. The Morgan fingerprint density at radius 3 is 2.71 bits per heavy atom. The Hall–Kier alpha value is -2.76. The summed E-state index contributed by atoms with van der Waals surface area (Å²) in [5.74, 6) is 0.743. The molecule has 0 bridgehead atoms. The standard InChI is InChI=1S/C18H20N2O4/c1-12-7-10-23-16(12)18(22)20-9-4-8-19-17(21)15-11-13-5-2-3-6-14(13)24-15/h2-3,5-7,10,15H,4,8-9,11H2,1H3,(H,19,21)(H,20,22)/t15-/m0/s1. The molecule has 2 heterocycles. The zero-order valence-corrected chi connectivity index (χ0v) is 13.5. The van der Waals surface area contributed by atoms with Crippen LogP contribution < -0.4 is 15.4 Å². The lowest BCUT2D eigenvalue weighted by Crippen LogP contribution is -2.38. The lowest BCUT2D eigenvalue weighted by Gasteiger charge is -2.11. The lowest BCUT2D eigenvalue weighted by atomic mass is 10.1. The summed E-state index contributed by atoms with van der Waals surface area (Å²) in [6, 6.07) is 9.41. The predicted molar refractivity (Wildman–Crippen MR) is 88.0 cm³/mol. The number of nitrogens with one attached hydrogen (secondary N) is 2. The van der Waals surface area contributed by atoms with E-state index in [0.29, 0.717) is 31.7 Å². The van der Waals surface area contributed by atoms with Gasteiger partial charge in [-0.05, 0) is 31.0 Å². The monoisotopic (exact) mass is 328 g/mol. The summed E-state index contributed by atoms with van der Waals surface area (Å²) >= 11 is 0. The van der Waals surface area contributed by atoms with Crippen LogP contribution in [0.5, 0.6) is 5.75 Å². The number of carbonyl (C=O) groups is 2. The van der Waals surface area contributed by atoms with Crippen molar-refractivity contribution in [3.05, 3.63) is 53.5 Å². The Bertz CT molecular complexity index is 713. The van der Waals surface area contributed by atoms with Gasteiger partial charge in [-0.1, -0.05) is 18.2 Å². The number of para-hydroxylation sites is 1. The van der Waals surface area contributed by atoms with Crippen LogP contribution in [0.3, 0.4) is 0 Å².